The van der Waals surface area contributed by atoms with Crippen LogP contribution in [-0.2, 0) is 14.2 Å². The van der Waals surface area contributed by atoms with Crippen LogP contribution in [0.25, 0.3) is 0 Å². The molecule has 1 aliphatic rings. The van der Waals surface area contributed by atoms with Crippen molar-refractivity contribution in [3.63, 3.8) is 0 Å². The molecule has 1 saturated heterocycles. The molecule has 0 bridgehead atoms. The van der Waals surface area contributed by atoms with Crippen molar-refractivity contribution in [2.75, 3.05) is 59.1 Å². The van der Waals surface area contributed by atoms with Crippen molar-refractivity contribution in [2.45, 2.75) is 31.8 Å². The van der Waals surface area contributed by atoms with Crippen molar-refractivity contribution >= 4 is 35.6 Å². The number of rotatable bonds is 12. The quantitative estimate of drug-likeness (QED) is 0.196. The molecule has 160 valence electrons. The standard InChI is InChI=1S/C20H33N3O4.HI/c1-21-20(22-10-5-12-25-16-19-9-4-13-27-19)23-17-7-3-8-18(15-17)26-14-6-11-24-2;/h3,7-8,15,19H,4-6,9-14,16H2,1-2H3,(H2,21,22,23);1H. The van der Waals surface area contributed by atoms with Gasteiger partial charge in [-0.3, -0.25) is 4.99 Å². The number of benzene rings is 1. The maximum absolute atomic E-state index is 5.72. The fraction of sp³-hybridized carbons (Fsp3) is 0.650. The minimum atomic E-state index is 0. The Morgan fingerprint density at radius 1 is 1.25 bits per heavy atom. The molecule has 8 heteroatoms. The summed E-state index contributed by atoms with van der Waals surface area (Å²) in [6.07, 6.45) is 4.33. The van der Waals surface area contributed by atoms with E-state index in [1.54, 1.807) is 14.2 Å². The highest BCUT2D eigenvalue weighted by atomic mass is 127. The van der Waals surface area contributed by atoms with Crippen molar-refractivity contribution in [1.82, 2.24) is 5.32 Å². The van der Waals surface area contributed by atoms with Gasteiger partial charge >= 0.3 is 0 Å². The Kier molecular flexibility index (Phi) is 14.1. The van der Waals surface area contributed by atoms with Gasteiger partial charge in [0.2, 0.25) is 0 Å². The zero-order valence-corrected chi connectivity index (χ0v) is 19.3. The predicted octanol–water partition coefficient (Wildman–Crippen LogP) is 3.29. The summed E-state index contributed by atoms with van der Waals surface area (Å²) in [6.45, 7) is 4.41. The summed E-state index contributed by atoms with van der Waals surface area (Å²) in [4.78, 5) is 4.26. The first-order chi connectivity index (χ1) is 13.3. The molecule has 1 heterocycles. The maximum atomic E-state index is 5.72. The van der Waals surface area contributed by atoms with E-state index in [9.17, 15) is 0 Å². The van der Waals surface area contributed by atoms with E-state index in [4.69, 9.17) is 18.9 Å². The van der Waals surface area contributed by atoms with Crippen molar-refractivity contribution in [3.8, 4) is 5.75 Å². The molecule has 2 N–H and O–H groups in total. The second kappa shape index (κ2) is 15.8. The largest absolute Gasteiger partial charge is 0.493 e. The number of hydrogen-bond acceptors (Lipinski definition) is 5. The topological polar surface area (TPSA) is 73.3 Å². The molecule has 1 unspecified atom stereocenters. The molecule has 1 aromatic carbocycles. The van der Waals surface area contributed by atoms with Crippen LogP contribution in [0.15, 0.2) is 29.3 Å². The highest BCUT2D eigenvalue weighted by Crippen LogP contribution is 2.17. The monoisotopic (exact) mass is 507 g/mol. The lowest BCUT2D eigenvalue weighted by Gasteiger charge is -2.14. The zero-order chi connectivity index (χ0) is 19.2. The van der Waals surface area contributed by atoms with Crippen LogP contribution in [0.3, 0.4) is 0 Å². The van der Waals surface area contributed by atoms with Gasteiger partial charge in [-0.25, -0.2) is 0 Å². The molecule has 0 amide bonds. The van der Waals surface area contributed by atoms with Gasteiger partial charge in [0, 0.05) is 58.7 Å². The Bertz CT molecular complexity index is 554. The number of halogens is 1. The van der Waals surface area contributed by atoms with E-state index >= 15 is 0 Å². The minimum Gasteiger partial charge on any atom is -0.493 e. The number of anilines is 1. The minimum absolute atomic E-state index is 0. The van der Waals surface area contributed by atoms with E-state index in [0.29, 0.717) is 26.4 Å². The maximum Gasteiger partial charge on any atom is 0.195 e. The van der Waals surface area contributed by atoms with Gasteiger partial charge in [0.1, 0.15) is 5.75 Å². The molecule has 0 aromatic heterocycles. The van der Waals surface area contributed by atoms with Crippen molar-refractivity contribution < 1.29 is 18.9 Å². The lowest BCUT2D eigenvalue weighted by atomic mass is 10.2. The van der Waals surface area contributed by atoms with Gasteiger partial charge in [-0.2, -0.15) is 0 Å². The molecule has 0 aliphatic carbocycles. The van der Waals surface area contributed by atoms with E-state index < -0.39 is 0 Å². The van der Waals surface area contributed by atoms with E-state index in [1.165, 1.54) is 0 Å². The van der Waals surface area contributed by atoms with Crippen LogP contribution in [0.1, 0.15) is 25.7 Å². The number of nitrogens with zero attached hydrogens (tertiary/aromatic N) is 1. The van der Waals surface area contributed by atoms with Crippen LogP contribution in [0, 0.1) is 0 Å². The number of guanidine groups is 1. The number of methoxy groups -OCH3 is 1. The molecule has 1 aliphatic heterocycles. The predicted molar refractivity (Wildman–Crippen MR) is 123 cm³/mol. The molecule has 7 nitrogen and oxygen atoms in total. The normalized spacial score (nSPS) is 16.5. The van der Waals surface area contributed by atoms with Crippen LogP contribution in [0.5, 0.6) is 5.75 Å². The van der Waals surface area contributed by atoms with E-state index in [1.807, 2.05) is 24.3 Å². The lowest BCUT2D eigenvalue weighted by Crippen LogP contribution is -2.32. The smallest absolute Gasteiger partial charge is 0.195 e. The summed E-state index contributed by atoms with van der Waals surface area (Å²) in [6, 6.07) is 7.85. The first-order valence-electron chi connectivity index (χ1n) is 9.70. The highest BCUT2D eigenvalue weighted by molar-refractivity contribution is 14.0. The van der Waals surface area contributed by atoms with Gasteiger partial charge in [0.25, 0.3) is 0 Å². The Morgan fingerprint density at radius 2 is 2.14 bits per heavy atom. The van der Waals surface area contributed by atoms with Crippen LogP contribution in [-0.4, -0.2) is 65.8 Å². The third-order valence-electron chi connectivity index (χ3n) is 4.17. The van der Waals surface area contributed by atoms with Gasteiger partial charge in [-0.05, 0) is 31.4 Å². The molecule has 2 rings (SSSR count). The third kappa shape index (κ3) is 10.4. The SMILES string of the molecule is CN=C(NCCCOCC1CCCO1)Nc1cccc(OCCCOC)c1.I. The first kappa shape index (κ1) is 24.9. The van der Waals surface area contributed by atoms with Crippen molar-refractivity contribution in [3.05, 3.63) is 24.3 Å². The molecule has 1 atom stereocenters. The van der Waals surface area contributed by atoms with Crippen LogP contribution in [0.4, 0.5) is 5.69 Å². The van der Waals surface area contributed by atoms with Crippen LogP contribution < -0.4 is 15.4 Å². The van der Waals surface area contributed by atoms with E-state index in [2.05, 4.69) is 15.6 Å². The van der Waals surface area contributed by atoms with Crippen molar-refractivity contribution in [2.24, 2.45) is 4.99 Å². The first-order valence-corrected chi connectivity index (χ1v) is 9.70. The fourth-order valence-electron chi connectivity index (χ4n) is 2.74. The highest BCUT2D eigenvalue weighted by Gasteiger charge is 2.14. The van der Waals surface area contributed by atoms with E-state index in [0.717, 1.165) is 56.2 Å². The molecule has 0 spiro atoms. The summed E-state index contributed by atoms with van der Waals surface area (Å²) < 4.78 is 22.0. The Labute approximate surface area is 185 Å². The molecule has 0 saturated carbocycles. The number of ether oxygens (including phenoxy) is 4. The second-order valence-corrected chi connectivity index (χ2v) is 6.41. The number of hydrogen-bond donors (Lipinski definition) is 2. The molecular weight excluding hydrogens is 473 g/mol. The zero-order valence-electron chi connectivity index (χ0n) is 16.9. The van der Waals surface area contributed by atoms with Gasteiger partial charge < -0.3 is 29.6 Å². The molecule has 1 fully saturated rings. The van der Waals surface area contributed by atoms with Crippen molar-refractivity contribution in [1.29, 1.82) is 0 Å². The second-order valence-electron chi connectivity index (χ2n) is 6.41. The lowest BCUT2D eigenvalue weighted by molar-refractivity contribution is 0.0168. The summed E-state index contributed by atoms with van der Waals surface area (Å²) in [5.41, 5.74) is 0.932. The van der Waals surface area contributed by atoms with Gasteiger partial charge in [0.15, 0.2) is 5.96 Å². The summed E-state index contributed by atoms with van der Waals surface area (Å²) >= 11 is 0. The van der Waals surface area contributed by atoms with E-state index in [-0.39, 0.29) is 30.1 Å². The summed E-state index contributed by atoms with van der Waals surface area (Å²) in [5, 5.41) is 6.58. The summed E-state index contributed by atoms with van der Waals surface area (Å²) in [7, 11) is 3.45. The Hall–Kier alpha value is -1.10. The third-order valence-corrected chi connectivity index (χ3v) is 4.17. The Morgan fingerprint density at radius 3 is 2.89 bits per heavy atom. The number of nitrogens with one attached hydrogen (secondary N) is 2. The molecule has 28 heavy (non-hydrogen) atoms. The average molecular weight is 507 g/mol. The average Bonchev–Trinajstić information content (AvgIpc) is 3.21. The van der Waals surface area contributed by atoms with Gasteiger partial charge in [-0.15, -0.1) is 24.0 Å². The molecular formula is C20H34IN3O4. The van der Waals surface area contributed by atoms with Crippen LogP contribution in [0.2, 0.25) is 0 Å². The van der Waals surface area contributed by atoms with Gasteiger partial charge in [0.05, 0.1) is 19.3 Å². The van der Waals surface area contributed by atoms with Gasteiger partial charge in [-0.1, -0.05) is 6.07 Å². The van der Waals surface area contributed by atoms with Crippen LogP contribution >= 0.6 is 24.0 Å². The molecule has 0 radical (unpaired) electrons. The fourth-order valence-corrected chi connectivity index (χ4v) is 2.74. The Balaban J connectivity index is 0.00000392. The molecule has 1 aromatic rings. The number of aliphatic imine (C=N–C) groups is 1. The summed E-state index contributed by atoms with van der Waals surface area (Å²) in [5.74, 6) is 1.56.